The SMILES string of the molecule is CCN(N=O)C(CCc1ccccc1)OC(C)=O. The van der Waals surface area contributed by atoms with E-state index in [1.54, 1.807) is 6.92 Å². The zero-order valence-electron chi connectivity index (χ0n) is 10.7. The molecule has 0 radical (unpaired) electrons. The number of carbonyl (C=O) groups excluding carboxylic acids is 1. The lowest BCUT2D eigenvalue weighted by Gasteiger charge is -2.24. The summed E-state index contributed by atoms with van der Waals surface area (Å²) in [6.07, 6.45) is 0.679. The van der Waals surface area contributed by atoms with E-state index < -0.39 is 12.2 Å². The summed E-state index contributed by atoms with van der Waals surface area (Å²) in [5, 5.41) is 4.12. The molecule has 1 aromatic rings. The Morgan fingerprint density at radius 1 is 1.39 bits per heavy atom. The predicted molar refractivity (Wildman–Crippen MR) is 68.5 cm³/mol. The average Bonchev–Trinajstić information content (AvgIpc) is 2.38. The molecule has 0 amide bonds. The summed E-state index contributed by atoms with van der Waals surface area (Å²) in [6, 6.07) is 9.83. The van der Waals surface area contributed by atoms with Crippen molar-refractivity contribution in [1.29, 1.82) is 0 Å². The van der Waals surface area contributed by atoms with Crippen LogP contribution >= 0.6 is 0 Å². The maximum absolute atomic E-state index is 11.0. The minimum Gasteiger partial charge on any atom is -0.440 e. The van der Waals surface area contributed by atoms with Gasteiger partial charge >= 0.3 is 5.97 Å². The van der Waals surface area contributed by atoms with E-state index in [4.69, 9.17) is 4.74 Å². The molecular formula is C13H18N2O3. The molecule has 1 atom stereocenters. The van der Waals surface area contributed by atoms with Crippen LogP contribution in [0.5, 0.6) is 0 Å². The minimum atomic E-state index is -0.592. The number of benzene rings is 1. The van der Waals surface area contributed by atoms with Crippen LogP contribution in [0.2, 0.25) is 0 Å². The molecule has 18 heavy (non-hydrogen) atoms. The van der Waals surface area contributed by atoms with Gasteiger partial charge in [0, 0.05) is 19.9 Å². The van der Waals surface area contributed by atoms with Crippen LogP contribution in [-0.2, 0) is 16.0 Å². The van der Waals surface area contributed by atoms with E-state index in [0.29, 0.717) is 13.0 Å². The second kappa shape index (κ2) is 7.42. The van der Waals surface area contributed by atoms with Gasteiger partial charge < -0.3 is 4.74 Å². The van der Waals surface area contributed by atoms with Crippen LogP contribution in [0.1, 0.15) is 25.8 Å². The molecule has 0 saturated heterocycles. The van der Waals surface area contributed by atoms with Crippen molar-refractivity contribution in [1.82, 2.24) is 5.01 Å². The smallest absolute Gasteiger partial charge is 0.304 e. The van der Waals surface area contributed by atoms with Crippen molar-refractivity contribution in [3.05, 3.63) is 40.8 Å². The Bertz CT molecular complexity index is 381. The number of nitrogens with zero attached hydrogens (tertiary/aromatic N) is 2. The molecule has 5 nitrogen and oxygen atoms in total. The first-order chi connectivity index (χ1) is 8.67. The molecule has 1 unspecified atom stereocenters. The highest BCUT2D eigenvalue weighted by atomic mass is 16.6. The topological polar surface area (TPSA) is 59.0 Å². The normalized spacial score (nSPS) is 11.7. The van der Waals surface area contributed by atoms with E-state index in [1.165, 1.54) is 11.9 Å². The van der Waals surface area contributed by atoms with Crippen LogP contribution in [0.25, 0.3) is 0 Å². The summed E-state index contributed by atoms with van der Waals surface area (Å²) in [6.45, 7) is 3.53. The summed E-state index contributed by atoms with van der Waals surface area (Å²) in [5.74, 6) is -0.407. The van der Waals surface area contributed by atoms with Crippen LogP contribution < -0.4 is 0 Å². The maximum atomic E-state index is 11.0. The van der Waals surface area contributed by atoms with Crippen LogP contribution in [-0.4, -0.2) is 23.8 Å². The fourth-order valence-corrected chi connectivity index (χ4v) is 1.71. The van der Waals surface area contributed by atoms with E-state index >= 15 is 0 Å². The molecular weight excluding hydrogens is 232 g/mol. The van der Waals surface area contributed by atoms with Gasteiger partial charge in [-0.15, -0.1) is 4.91 Å². The highest BCUT2D eigenvalue weighted by molar-refractivity contribution is 5.66. The standard InChI is InChI=1S/C13H18N2O3/c1-3-15(14-17)13(18-11(2)16)10-9-12-7-5-4-6-8-12/h4-8,13H,3,9-10H2,1-2H3. The first-order valence-corrected chi connectivity index (χ1v) is 5.98. The average molecular weight is 250 g/mol. The van der Waals surface area contributed by atoms with E-state index in [0.717, 1.165) is 12.0 Å². The number of hydrogen-bond acceptors (Lipinski definition) is 4. The van der Waals surface area contributed by atoms with Crippen molar-refractivity contribution in [3.8, 4) is 0 Å². The van der Waals surface area contributed by atoms with Gasteiger partial charge in [-0.2, -0.15) is 0 Å². The van der Waals surface area contributed by atoms with Gasteiger partial charge in [-0.1, -0.05) is 30.3 Å². The Kier molecular flexibility index (Phi) is 5.84. The van der Waals surface area contributed by atoms with E-state index in [2.05, 4.69) is 5.29 Å². The first kappa shape index (κ1) is 14.2. The maximum Gasteiger partial charge on any atom is 0.304 e. The first-order valence-electron chi connectivity index (χ1n) is 5.98. The van der Waals surface area contributed by atoms with Crippen LogP contribution in [0.15, 0.2) is 35.6 Å². The molecule has 0 aliphatic rings. The Morgan fingerprint density at radius 3 is 2.56 bits per heavy atom. The molecule has 0 aromatic heterocycles. The van der Waals surface area contributed by atoms with Gasteiger partial charge in [-0.05, 0) is 18.9 Å². The third-order valence-corrected chi connectivity index (χ3v) is 2.59. The summed E-state index contributed by atoms with van der Waals surface area (Å²) in [5.41, 5.74) is 1.14. The number of hydrogen-bond donors (Lipinski definition) is 0. The van der Waals surface area contributed by atoms with Crippen LogP contribution in [0.3, 0.4) is 0 Å². The van der Waals surface area contributed by atoms with Gasteiger partial charge in [-0.3, -0.25) is 4.79 Å². The second-order valence-electron chi connectivity index (χ2n) is 3.93. The Hall–Kier alpha value is -1.91. The van der Waals surface area contributed by atoms with Crippen molar-refractivity contribution < 1.29 is 9.53 Å². The number of ether oxygens (including phenoxy) is 1. The lowest BCUT2D eigenvalue weighted by atomic mass is 10.1. The van der Waals surface area contributed by atoms with Crippen molar-refractivity contribution >= 4 is 5.97 Å². The Balaban J connectivity index is 2.60. The predicted octanol–water partition coefficient (Wildman–Crippen LogP) is 2.51. The summed E-state index contributed by atoms with van der Waals surface area (Å²) < 4.78 is 5.11. The van der Waals surface area contributed by atoms with Gasteiger partial charge in [0.1, 0.15) is 0 Å². The number of nitroso groups, excluding NO2 is 1. The Morgan fingerprint density at radius 2 is 2.06 bits per heavy atom. The number of rotatable bonds is 7. The highest BCUT2D eigenvalue weighted by Crippen LogP contribution is 2.12. The van der Waals surface area contributed by atoms with Crippen LogP contribution in [0.4, 0.5) is 0 Å². The molecule has 0 fully saturated rings. The van der Waals surface area contributed by atoms with E-state index in [9.17, 15) is 9.70 Å². The molecule has 98 valence electrons. The molecule has 1 rings (SSSR count). The van der Waals surface area contributed by atoms with Crippen molar-refractivity contribution in [2.24, 2.45) is 5.29 Å². The van der Waals surface area contributed by atoms with Gasteiger partial charge in [0.05, 0.1) is 5.29 Å². The third kappa shape index (κ3) is 4.53. The van der Waals surface area contributed by atoms with E-state index in [1.807, 2.05) is 30.3 Å². The molecule has 0 N–H and O–H groups in total. The zero-order chi connectivity index (χ0) is 13.4. The lowest BCUT2D eigenvalue weighted by molar-refractivity contribution is -0.157. The molecule has 0 aliphatic heterocycles. The second-order valence-corrected chi connectivity index (χ2v) is 3.93. The van der Waals surface area contributed by atoms with Gasteiger partial charge in [0.15, 0.2) is 6.23 Å². The number of carbonyl (C=O) groups is 1. The number of aryl methyl sites for hydroxylation is 1. The van der Waals surface area contributed by atoms with Crippen molar-refractivity contribution in [2.75, 3.05) is 6.54 Å². The minimum absolute atomic E-state index is 0.407. The van der Waals surface area contributed by atoms with Crippen molar-refractivity contribution in [2.45, 2.75) is 32.9 Å². The Labute approximate surface area is 107 Å². The molecule has 5 heteroatoms. The molecule has 0 heterocycles. The molecule has 1 aromatic carbocycles. The quantitative estimate of drug-likeness (QED) is 0.323. The van der Waals surface area contributed by atoms with Gasteiger partial charge in [0.2, 0.25) is 0 Å². The van der Waals surface area contributed by atoms with Gasteiger partial charge in [0.25, 0.3) is 0 Å². The largest absolute Gasteiger partial charge is 0.440 e. The van der Waals surface area contributed by atoms with Gasteiger partial charge in [-0.25, -0.2) is 5.01 Å². The zero-order valence-corrected chi connectivity index (χ0v) is 10.7. The van der Waals surface area contributed by atoms with Crippen molar-refractivity contribution in [3.63, 3.8) is 0 Å². The summed E-state index contributed by atoms with van der Waals surface area (Å²) in [4.78, 5) is 21.7. The molecule has 0 spiro atoms. The molecule has 0 bridgehead atoms. The monoisotopic (exact) mass is 250 g/mol. The van der Waals surface area contributed by atoms with Crippen LogP contribution in [0, 0.1) is 4.91 Å². The number of esters is 1. The molecule has 0 aliphatic carbocycles. The third-order valence-electron chi connectivity index (χ3n) is 2.59. The van der Waals surface area contributed by atoms with E-state index in [-0.39, 0.29) is 0 Å². The lowest BCUT2D eigenvalue weighted by Crippen LogP contribution is -2.34. The fourth-order valence-electron chi connectivity index (χ4n) is 1.71. The fraction of sp³-hybridized carbons (Fsp3) is 0.462. The highest BCUT2D eigenvalue weighted by Gasteiger charge is 2.19. The molecule has 0 saturated carbocycles. The summed E-state index contributed by atoms with van der Waals surface area (Å²) >= 11 is 0. The summed E-state index contributed by atoms with van der Waals surface area (Å²) in [7, 11) is 0.